The van der Waals surface area contributed by atoms with Crippen molar-refractivity contribution in [1.82, 2.24) is 10.9 Å². The molecule has 3 aromatic carbocycles. The summed E-state index contributed by atoms with van der Waals surface area (Å²) in [6.45, 7) is 1.29. The van der Waals surface area contributed by atoms with Crippen molar-refractivity contribution in [2.45, 2.75) is 18.6 Å². The van der Waals surface area contributed by atoms with Gasteiger partial charge in [-0.2, -0.15) is 0 Å². The zero-order valence-corrected chi connectivity index (χ0v) is 15.3. The third kappa shape index (κ3) is 2.97. The van der Waals surface area contributed by atoms with Gasteiger partial charge in [-0.1, -0.05) is 48.5 Å². The minimum absolute atomic E-state index is 0.0575. The Bertz CT molecular complexity index is 989. The lowest BCUT2D eigenvalue weighted by Crippen LogP contribution is -2.39. The van der Waals surface area contributed by atoms with Crippen LogP contribution in [-0.2, 0) is 6.54 Å². The lowest BCUT2D eigenvalue weighted by molar-refractivity contribution is 0.400. The Morgan fingerprint density at radius 2 is 1.54 bits per heavy atom. The molecule has 0 amide bonds. The molecular weight excluding hydrogens is 356 g/mol. The molecule has 142 valence electrons. The third-order valence-corrected chi connectivity index (χ3v) is 5.84. The summed E-state index contributed by atoms with van der Waals surface area (Å²) in [7, 11) is 0. The average molecular weight is 377 g/mol. The standard InChI is InChI=1S/C23H21F2N3/c24-17-11-9-15(10-12-17)22-19-14-28(13-16-5-1-3-7-20(16)25)21-8-4-2-6-18(21)23(19)27-26-22/h1-12,19,22-23,26-27H,13-14H2. The highest BCUT2D eigenvalue weighted by atomic mass is 19.1. The molecular formula is C23H21F2N3. The summed E-state index contributed by atoms with van der Waals surface area (Å²) in [6, 6.07) is 22.1. The van der Waals surface area contributed by atoms with Crippen LogP contribution in [0.1, 0.15) is 28.8 Å². The van der Waals surface area contributed by atoms with Crippen molar-refractivity contribution in [3.63, 3.8) is 0 Å². The van der Waals surface area contributed by atoms with Crippen molar-refractivity contribution in [3.8, 4) is 0 Å². The van der Waals surface area contributed by atoms with Crippen molar-refractivity contribution in [3.05, 3.63) is 101 Å². The van der Waals surface area contributed by atoms with Gasteiger partial charge in [-0.05, 0) is 35.4 Å². The number of benzene rings is 3. The lowest BCUT2D eigenvalue weighted by atomic mass is 9.82. The maximum Gasteiger partial charge on any atom is 0.128 e. The van der Waals surface area contributed by atoms with Crippen LogP contribution in [0.15, 0.2) is 72.8 Å². The maximum atomic E-state index is 14.3. The van der Waals surface area contributed by atoms with Gasteiger partial charge in [-0.25, -0.2) is 19.6 Å². The van der Waals surface area contributed by atoms with Gasteiger partial charge >= 0.3 is 0 Å². The van der Waals surface area contributed by atoms with Gasteiger partial charge < -0.3 is 4.90 Å². The van der Waals surface area contributed by atoms with Crippen molar-refractivity contribution in [2.75, 3.05) is 11.4 Å². The number of hydrazine groups is 1. The predicted molar refractivity (Wildman–Crippen MR) is 106 cm³/mol. The normalized spacial score (nSPS) is 23.4. The van der Waals surface area contributed by atoms with Crippen LogP contribution in [0.4, 0.5) is 14.5 Å². The summed E-state index contributed by atoms with van der Waals surface area (Å²) in [5, 5.41) is 0. The van der Waals surface area contributed by atoms with E-state index in [-0.39, 0.29) is 29.6 Å². The van der Waals surface area contributed by atoms with Crippen molar-refractivity contribution >= 4 is 5.69 Å². The van der Waals surface area contributed by atoms with Crippen LogP contribution in [0, 0.1) is 17.6 Å². The first-order valence-corrected chi connectivity index (χ1v) is 9.54. The first kappa shape index (κ1) is 17.3. The largest absolute Gasteiger partial charge is 0.366 e. The number of para-hydroxylation sites is 1. The molecule has 2 aliphatic rings. The fourth-order valence-electron chi connectivity index (χ4n) is 4.48. The number of fused-ring (bicyclic) bond motifs is 3. The Hall–Kier alpha value is -2.76. The van der Waals surface area contributed by atoms with E-state index in [1.807, 2.05) is 36.4 Å². The highest BCUT2D eigenvalue weighted by Crippen LogP contribution is 2.45. The molecule has 3 aromatic rings. The summed E-state index contributed by atoms with van der Waals surface area (Å²) in [6.07, 6.45) is 0. The third-order valence-electron chi connectivity index (χ3n) is 5.84. The van der Waals surface area contributed by atoms with Gasteiger partial charge in [0.15, 0.2) is 0 Å². The number of hydrogen-bond donors (Lipinski definition) is 2. The number of hydrogen-bond acceptors (Lipinski definition) is 3. The fraction of sp³-hybridized carbons (Fsp3) is 0.217. The van der Waals surface area contributed by atoms with E-state index in [1.54, 1.807) is 6.07 Å². The van der Waals surface area contributed by atoms with Crippen molar-refractivity contribution < 1.29 is 8.78 Å². The highest BCUT2D eigenvalue weighted by molar-refractivity contribution is 5.58. The van der Waals surface area contributed by atoms with Crippen LogP contribution < -0.4 is 15.8 Å². The summed E-state index contributed by atoms with van der Waals surface area (Å²) in [5.74, 6) is -0.173. The predicted octanol–water partition coefficient (Wildman–Crippen LogP) is 4.49. The second-order valence-electron chi connectivity index (χ2n) is 7.49. The minimum atomic E-state index is -0.235. The molecule has 2 aliphatic heterocycles. The first-order valence-electron chi connectivity index (χ1n) is 9.54. The Morgan fingerprint density at radius 3 is 2.36 bits per heavy atom. The van der Waals surface area contributed by atoms with Crippen molar-refractivity contribution in [1.29, 1.82) is 0 Å². The second-order valence-corrected chi connectivity index (χ2v) is 7.49. The van der Waals surface area contributed by atoms with E-state index in [2.05, 4.69) is 27.9 Å². The maximum absolute atomic E-state index is 14.3. The Labute approximate surface area is 163 Å². The first-order chi connectivity index (χ1) is 13.7. The van der Waals surface area contributed by atoms with Crippen LogP contribution in [0.25, 0.3) is 0 Å². The second kappa shape index (κ2) is 7.00. The van der Waals surface area contributed by atoms with Crippen molar-refractivity contribution in [2.24, 2.45) is 5.92 Å². The number of halogens is 2. The van der Waals surface area contributed by atoms with Crippen LogP contribution in [0.5, 0.6) is 0 Å². The Balaban J connectivity index is 1.50. The molecule has 5 rings (SSSR count). The summed E-state index contributed by atoms with van der Waals surface area (Å²) >= 11 is 0. The molecule has 0 spiro atoms. The molecule has 3 atom stereocenters. The number of nitrogens with one attached hydrogen (secondary N) is 2. The van der Waals surface area contributed by atoms with E-state index < -0.39 is 0 Å². The SMILES string of the molecule is Fc1ccc(C2NNC3c4ccccc4N(Cc4ccccc4F)CC23)cc1. The van der Waals surface area contributed by atoms with Gasteiger partial charge in [0.1, 0.15) is 11.6 Å². The van der Waals surface area contributed by atoms with E-state index in [0.29, 0.717) is 12.1 Å². The molecule has 2 heterocycles. The molecule has 3 nitrogen and oxygen atoms in total. The van der Waals surface area contributed by atoms with Crippen LogP contribution in [0.3, 0.4) is 0 Å². The van der Waals surface area contributed by atoms with Crippen LogP contribution in [0.2, 0.25) is 0 Å². The Kier molecular flexibility index (Phi) is 4.34. The number of rotatable bonds is 3. The Morgan fingerprint density at radius 1 is 0.821 bits per heavy atom. The van der Waals surface area contributed by atoms with Gasteiger partial charge in [0.05, 0.1) is 12.1 Å². The minimum Gasteiger partial charge on any atom is -0.366 e. The summed E-state index contributed by atoms with van der Waals surface area (Å²) in [5.41, 5.74) is 10.9. The molecule has 1 fully saturated rings. The zero-order valence-electron chi connectivity index (χ0n) is 15.3. The molecule has 28 heavy (non-hydrogen) atoms. The van der Waals surface area contributed by atoms with Gasteiger partial charge in [0.25, 0.3) is 0 Å². The average Bonchev–Trinajstić information content (AvgIpc) is 3.14. The highest BCUT2D eigenvalue weighted by Gasteiger charge is 2.43. The molecule has 0 bridgehead atoms. The van der Waals surface area contributed by atoms with E-state index in [1.165, 1.54) is 23.8 Å². The number of anilines is 1. The zero-order chi connectivity index (χ0) is 19.1. The summed E-state index contributed by atoms with van der Waals surface area (Å²) in [4.78, 5) is 2.25. The topological polar surface area (TPSA) is 27.3 Å². The van der Waals surface area contributed by atoms with Gasteiger partial charge in [-0.3, -0.25) is 0 Å². The molecule has 2 N–H and O–H groups in total. The van der Waals surface area contributed by atoms with E-state index in [4.69, 9.17) is 0 Å². The fourth-order valence-corrected chi connectivity index (χ4v) is 4.48. The van der Waals surface area contributed by atoms with Gasteiger partial charge in [0, 0.05) is 30.3 Å². The molecule has 5 heteroatoms. The molecule has 1 saturated heterocycles. The number of nitrogens with zero attached hydrogens (tertiary/aromatic N) is 1. The van der Waals surface area contributed by atoms with Gasteiger partial charge in [0.2, 0.25) is 0 Å². The van der Waals surface area contributed by atoms with E-state index >= 15 is 0 Å². The van der Waals surface area contributed by atoms with E-state index in [9.17, 15) is 8.78 Å². The van der Waals surface area contributed by atoms with Crippen LogP contribution in [-0.4, -0.2) is 6.54 Å². The van der Waals surface area contributed by atoms with Crippen LogP contribution >= 0.6 is 0 Å². The summed E-state index contributed by atoms with van der Waals surface area (Å²) < 4.78 is 27.6. The quantitative estimate of drug-likeness (QED) is 0.704. The molecule has 0 radical (unpaired) electrons. The molecule has 3 unspecified atom stereocenters. The lowest BCUT2D eigenvalue weighted by Gasteiger charge is -2.39. The smallest absolute Gasteiger partial charge is 0.128 e. The molecule has 0 saturated carbocycles. The monoisotopic (exact) mass is 377 g/mol. The van der Waals surface area contributed by atoms with E-state index in [0.717, 1.165) is 17.8 Å². The van der Waals surface area contributed by atoms with Gasteiger partial charge in [-0.15, -0.1) is 0 Å². The molecule has 0 aromatic heterocycles. The molecule has 0 aliphatic carbocycles.